The van der Waals surface area contributed by atoms with Gasteiger partial charge in [-0.3, -0.25) is 0 Å². The van der Waals surface area contributed by atoms with Gasteiger partial charge in [0.1, 0.15) is 28.7 Å². The molecular formula is C21H21F5O3. The maximum absolute atomic E-state index is 14.5. The van der Waals surface area contributed by atoms with E-state index in [-0.39, 0.29) is 13.1 Å². The Kier molecular flexibility index (Phi) is 6.10. The Morgan fingerprint density at radius 1 is 0.966 bits per heavy atom. The van der Waals surface area contributed by atoms with Crippen molar-refractivity contribution >= 4 is 5.97 Å². The Hall–Kier alpha value is -2.64. The first-order chi connectivity index (χ1) is 13.6. The third-order valence-electron chi connectivity index (χ3n) is 5.02. The van der Waals surface area contributed by atoms with E-state index < -0.39 is 35.3 Å². The summed E-state index contributed by atoms with van der Waals surface area (Å²) in [6.07, 6.45) is -1.24. The molecule has 0 unspecified atom stereocenters. The lowest BCUT2D eigenvalue weighted by molar-refractivity contribution is -0.274. The van der Waals surface area contributed by atoms with Crippen LogP contribution in [0.2, 0.25) is 0 Å². The first kappa shape index (κ1) is 21.1. The number of rotatable bonds is 4. The molecule has 0 aliphatic heterocycles. The maximum atomic E-state index is 14.5. The Morgan fingerprint density at radius 2 is 1.48 bits per heavy atom. The van der Waals surface area contributed by atoms with Gasteiger partial charge >= 0.3 is 12.3 Å². The second kappa shape index (κ2) is 8.39. The van der Waals surface area contributed by atoms with Gasteiger partial charge in [-0.15, -0.1) is 13.2 Å². The monoisotopic (exact) mass is 416 g/mol. The van der Waals surface area contributed by atoms with Gasteiger partial charge in [0, 0.05) is 1.43 Å². The number of benzene rings is 2. The van der Waals surface area contributed by atoms with Gasteiger partial charge in [0.25, 0.3) is 0 Å². The molecule has 0 spiro atoms. The number of hydrogen-bond donors (Lipinski definition) is 0. The largest absolute Gasteiger partial charge is 0.573 e. The standard InChI is InChI=1S/C21H19F5O3.H2/c1-12-2-4-13(5-3-12)14-10-17(22)19(18(23)11-14)20(27)28-15-6-8-16(9-7-15)29-21(24,25)26;/h6-13H,2-5H2,1H3;1H. The van der Waals surface area contributed by atoms with Crippen LogP contribution in [0.25, 0.3) is 0 Å². The molecule has 0 N–H and O–H groups in total. The average molecular weight is 416 g/mol. The molecule has 0 saturated heterocycles. The fraction of sp³-hybridized carbons (Fsp3) is 0.381. The molecule has 2 aromatic carbocycles. The van der Waals surface area contributed by atoms with Gasteiger partial charge in [-0.2, -0.15) is 0 Å². The molecule has 3 rings (SSSR count). The van der Waals surface area contributed by atoms with E-state index in [0.29, 0.717) is 11.5 Å². The Labute approximate surface area is 165 Å². The van der Waals surface area contributed by atoms with Gasteiger partial charge in [-0.05, 0) is 66.6 Å². The predicted molar refractivity (Wildman–Crippen MR) is 96.9 cm³/mol. The lowest BCUT2D eigenvalue weighted by Crippen LogP contribution is -2.17. The van der Waals surface area contributed by atoms with Crippen molar-refractivity contribution < 1.29 is 37.6 Å². The molecule has 1 aliphatic carbocycles. The van der Waals surface area contributed by atoms with Crippen LogP contribution < -0.4 is 9.47 Å². The molecule has 8 heteroatoms. The summed E-state index contributed by atoms with van der Waals surface area (Å²) >= 11 is 0. The fourth-order valence-electron chi connectivity index (χ4n) is 3.48. The van der Waals surface area contributed by atoms with Gasteiger partial charge < -0.3 is 9.47 Å². The van der Waals surface area contributed by atoms with E-state index in [1.807, 2.05) is 0 Å². The second-order valence-electron chi connectivity index (χ2n) is 7.23. The van der Waals surface area contributed by atoms with Crippen LogP contribution in [-0.2, 0) is 0 Å². The van der Waals surface area contributed by atoms with Crippen molar-refractivity contribution in [3.63, 3.8) is 0 Å². The lowest BCUT2D eigenvalue weighted by Gasteiger charge is -2.26. The summed E-state index contributed by atoms with van der Waals surface area (Å²) in [7, 11) is 0. The summed E-state index contributed by atoms with van der Waals surface area (Å²) in [5.74, 6) is -3.38. The quantitative estimate of drug-likeness (QED) is 0.319. The predicted octanol–water partition coefficient (Wildman–Crippen LogP) is 6.62. The highest BCUT2D eigenvalue weighted by Crippen LogP contribution is 2.36. The van der Waals surface area contributed by atoms with Crippen molar-refractivity contribution in [2.75, 3.05) is 0 Å². The topological polar surface area (TPSA) is 35.5 Å². The molecule has 1 saturated carbocycles. The minimum atomic E-state index is -4.86. The molecule has 1 fully saturated rings. The Balaban J connectivity index is 0.00000320. The van der Waals surface area contributed by atoms with Crippen LogP contribution in [0.15, 0.2) is 36.4 Å². The third-order valence-corrected chi connectivity index (χ3v) is 5.02. The zero-order valence-electron chi connectivity index (χ0n) is 15.6. The van der Waals surface area contributed by atoms with Crippen molar-refractivity contribution in [3.05, 3.63) is 59.2 Å². The number of carbonyl (C=O) groups excluding carboxylic acids is 1. The number of halogens is 5. The third kappa shape index (κ3) is 5.46. The molecule has 0 radical (unpaired) electrons. The van der Waals surface area contributed by atoms with Crippen LogP contribution in [0, 0.1) is 17.6 Å². The summed E-state index contributed by atoms with van der Waals surface area (Å²) in [5.41, 5.74) is -0.328. The van der Waals surface area contributed by atoms with Crippen molar-refractivity contribution in [3.8, 4) is 11.5 Å². The number of hydrogen-bond acceptors (Lipinski definition) is 3. The first-order valence-electron chi connectivity index (χ1n) is 9.19. The molecule has 2 aromatic rings. The molecule has 0 heterocycles. The van der Waals surface area contributed by atoms with Crippen LogP contribution in [0.1, 0.15) is 55.9 Å². The van der Waals surface area contributed by atoms with Crippen molar-refractivity contribution in [2.24, 2.45) is 5.92 Å². The molecule has 0 aromatic heterocycles. The van der Waals surface area contributed by atoms with Crippen LogP contribution >= 0.6 is 0 Å². The first-order valence-corrected chi connectivity index (χ1v) is 9.19. The number of alkyl halides is 3. The average Bonchev–Trinajstić information content (AvgIpc) is 2.62. The highest BCUT2D eigenvalue weighted by atomic mass is 19.4. The zero-order valence-corrected chi connectivity index (χ0v) is 15.6. The molecular weight excluding hydrogens is 395 g/mol. The molecule has 0 amide bonds. The molecule has 0 bridgehead atoms. The van der Waals surface area contributed by atoms with E-state index in [4.69, 9.17) is 4.74 Å². The maximum Gasteiger partial charge on any atom is 0.573 e. The van der Waals surface area contributed by atoms with E-state index in [1.165, 1.54) is 0 Å². The number of esters is 1. The highest BCUT2D eigenvalue weighted by Gasteiger charge is 2.31. The Bertz CT molecular complexity index is 852. The highest BCUT2D eigenvalue weighted by molar-refractivity contribution is 5.91. The van der Waals surface area contributed by atoms with E-state index in [0.717, 1.165) is 62.1 Å². The van der Waals surface area contributed by atoms with Crippen LogP contribution in [0.3, 0.4) is 0 Å². The van der Waals surface area contributed by atoms with Gasteiger partial charge in [0.15, 0.2) is 0 Å². The van der Waals surface area contributed by atoms with Gasteiger partial charge in [0.05, 0.1) is 0 Å². The molecule has 1 aliphatic rings. The van der Waals surface area contributed by atoms with Crippen LogP contribution in [0.4, 0.5) is 22.0 Å². The number of ether oxygens (including phenoxy) is 2. The lowest BCUT2D eigenvalue weighted by atomic mass is 9.79. The molecule has 3 nitrogen and oxygen atoms in total. The van der Waals surface area contributed by atoms with E-state index in [1.54, 1.807) is 0 Å². The van der Waals surface area contributed by atoms with Gasteiger partial charge in [-0.25, -0.2) is 13.6 Å². The summed E-state index contributed by atoms with van der Waals surface area (Å²) < 4.78 is 74.0. The summed E-state index contributed by atoms with van der Waals surface area (Å²) in [5, 5.41) is 0. The second-order valence-corrected chi connectivity index (χ2v) is 7.23. The zero-order chi connectivity index (χ0) is 21.2. The SMILES string of the molecule is CC1CCC(c2cc(F)c(C(=O)Oc3ccc(OC(F)(F)F)cc3)c(F)c2)CC1.[HH]. The normalized spacial score (nSPS) is 19.7. The minimum absolute atomic E-state index is 0. The van der Waals surface area contributed by atoms with Gasteiger partial charge in [0.2, 0.25) is 0 Å². The fourth-order valence-corrected chi connectivity index (χ4v) is 3.48. The van der Waals surface area contributed by atoms with E-state index in [2.05, 4.69) is 11.7 Å². The summed E-state index contributed by atoms with van der Waals surface area (Å²) in [6.45, 7) is 2.14. The van der Waals surface area contributed by atoms with E-state index in [9.17, 15) is 26.7 Å². The molecule has 158 valence electrons. The number of carbonyl (C=O) groups is 1. The van der Waals surface area contributed by atoms with Crippen LogP contribution in [0.5, 0.6) is 11.5 Å². The van der Waals surface area contributed by atoms with Crippen molar-refractivity contribution in [1.82, 2.24) is 0 Å². The van der Waals surface area contributed by atoms with E-state index >= 15 is 0 Å². The van der Waals surface area contributed by atoms with Gasteiger partial charge in [-0.1, -0.05) is 19.8 Å². The summed E-state index contributed by atoms with van der Waals surface area (Å²) in [4.78, 5) is 12.2. The molecule has 0 atom stereocenters. The molecule has 29 heavy (non-hydrogen) atoms. The van der Waals surface area contributed by atoms with Crippen molar-refractivity contribution in [2.45, 2.75) is 44.9 Å². The van der Waals surface area contributed by atoms with Crippen LogP contribution in [-0.4, -0.2) is 12.3 Å². The van der Waals surface area contributed by atoms with Crippen molar-refractivity contribution in [1.29, 1.82) is 0 Å². The smallest absolute Gasteiger partial charge is 0.423 e. The summed E-state index contributed by atoms with van der Waals surface area (Å²) in [6, 6.07) is 6.23. The Morgan fingerprint density at radius 3 is 2.00 bits per heavy atom. The minimum Gasteiger partial charge on any atom is -0.423 e.